The van der Waals surface area contributed by atoms with Gasteiger partial charge in [-0.1, -0.05) is 0 Å². The first-order valence-corrected chi connectivity index (χ1v) is 19.9. The molecular weight excluding hydrogens is 509 g/mol. The predicted molar refractivity (Wildman–Crippen MR) is 131 cm³/mol. The Morgan fingerprint density at radius 2 is 1.28 bits per heavy atom. The minimum absolute atomic E-state index is 0.00941. The third-order valence-corrected chi connectivity index (χ3v) is 19.1. The second-order valence-electron chi connectivity index (χ2n) is 9.09. The van der Waals surface area contributed by atoms with Crippen molar-refractivity contribution in [3.05, 3.63) is 35.4 Å². The Morgan fingerprint density at radius 1 is 0.781 bits per heavy atom. The standard InChI is InChI=1S/C14H15NO4.3C4H9.Sn/c16-12(17)8-2-1-5-9-15-13(18)10-6-3-4-7-11(10)14(15)19;3*1-3-4-2;/h3-4,6-7H,1-2,5,8-9H2,(H,16,17);3*1,3-4H2,2H3;/q;;;;+1/p-1. The zero-order chi connectivity index (χ0) is 23.4. The van der Waals surface area contributed by atoms with Crippen LogP contribution in [0.1, 0.15) is 106 Å². The summed E-state index contributed by atoms with van der Waals surface area (Å²) in [6.07, 6.45) is 9.74. The van der Waals surface area contributed by atoms with Crippen LogP contribution in [-0.4, -0.2) is 48.0 Å². The minimum atomic E-state index is -2.89. The Bertz CT molecular complexity index is 707. The summed E-state index contributed by atoms with van der Waals surface area (Å²) in [7, 11) is 0. The first kappa shape index (κ1) is 26.9. The number of carbonyl (C=O) groups is 3. The van der Waals surface area contributed by atoms with E-state index in [0.29, 0.717) is 30.5 Å². The Labute approximate surface area is 198 Å². The van der Waals surface area contributed by atoms with Crippen molar-refractivity contribution in [3.8, 4) is 0 Å². The molecule has 0 bridgehead atoms. The van der Waals surface area contributed by atoms with Crippen LogP contribution in [0.3, 0.4) is 0 Å². The van der Waals surface area contributed by atoms with Gasteiger partial charge in [0, 0.05) is 0 Å². The third kappa shape index (κ3) is 7.60. The normalized spacial score (nSPS) is 13.5. The zero-order valence-corrected chi connectivity index (χ0v) is 23.1. The van der Waals surface area contributed by atoms with E-state index in [1.807, 2.05) is 0 Å². The van der Waals surface area contributed by atoms with Gasteiger partial charge in [-0.2, -0.15) is 0 Å². The monoisotopic (exact) mass is 551 g/mol. The van der Waals surface area contributed by atoms with Crippen LogP contribution in [0.25, 0.3) is 0 Å². The van der Waals surface area contributed by atoms with E-state index in [1.54, 1.807) is 24.3 Å². The molecule has 0 aliphatic carbocycles. The van der Waals surface area contributed by atoms with Gasteiger partial charge in [0.15, 0.2) is 0 Å². The number of benzene rings is 1. The number of imide groups is 1. The molecule has 0 radical (unpaired) electrons. The van der Waals surface area contributed by atoms with Crippen LogP contribution in [0.2, 0.25) is 13.3 Å². The fraction of sp³-hybridized carbons (Fsp3) is 0.654. The van der Waals surface area contributed by atoms with E-state index in [0.717, 1.165) is 45.4 Å². The molecule has 1 aromatic rings. The Morgan fingerprint density at radius 3 is 1.75 bits per heavy atom. The van der Waals surface area contributed by atoms with Gasteiger partial charge >= 0.3 is 199 Å². The molecule has 0 unspecified atom stereocenters. The molecule has 0 N–H and O–H groups in total. The van der Waals surface area contributed by atoms with Crippen molar-refractivity contribution in [2.24, 2.45) is 0 Å². The molecule has 32 heavy (non-hydrogen) atoms. The number of fused-ring (bicyclic) bond motifs is 1. The van der Waals surface area contributed by atoms with E-state index >= 15 is 0 Å². The van der Waals surface area contributed by atoms with Crippen molar-refractivity contribution in [2.45, 2.75) is 98.3 Å². The molecule has 2 amide bonds. The van der Waals surface area contributed by atoms with Crippen LogP contribution in [0.4, 0.5) is 0 Å². The molecular formula is C26H41NO4Sn. The number of hydrogen-bond acceptors (Lipinski definition) is 4. The van der Waals surface area contributed by atoms with Crippen molar-refractivity contribution in [3.63, 3.8) is 0 Å². The summed E-state index contributed by atoms with van der Waals surface area (Å²) in [5.74, 6) is -0.414. The average Bonchev–Trinajstić information content (AvgIpc) is 3.04. The summed E-state index contributed by atoms with van der Waals surface area (Å²) in [5.41, 5.74) is 0.993. The number of nitrogens with zero attached hydrogens (tertiary/aromatic N) is 1. The Balaban J connectivity index is 1.79. The summed E-state index contributed by atoms with van der Waals surface area (Å²) < 4.78 is 9.84. The van der Waals surface area contributed by atoms with E-state index in [-0.39, 0.29) is 17.8 Å². The van der Waals surface area contributed by atoms with Crippen LogP contribution in [-0.2, 0) is 7.87 Å². The fourth-order valence-corrected chi connectivity index (χ4v) is 17.7. The van der Waals surface area contributed by atoms with E-state index in [9.17, 15) is 14.4 Å². The van der Waals surface area contributed by atoms with E-state index in [1.165, 1.54) is 24.2 Å². The molecule has 1 heterocycles. The van der Waals surface area contributed by atoms with E-state index in [4.69, 9.17) is 3.07 Å². The van der Waals surface area contributed by atoms with Gasteiger partial charge in [0.05, 0.1) is 0 Å². The molecule has 2 rings (SSSR count). The molecule has 1 aliphatic heterocycles. The van der Waals surface area contributed by atoms with Gasteiger partial charge in [0.2, 0.25) is 0 Å². The van der Waals surface area contributed by atoms with Gasteiger partial charge in [0.25, 0.3) is 0 Å². The second kappa shape index (κ2) is 14.0. The molecule has 0 saturated carbocycles. The second-order valence-corrected chi connectivity index (χ2v) is 20.7. The summed E-state index contributed by atoms with van der Waals surface area (Å²) in [5, 5.41) is 0. The van der Waals surface area contributed by atoms with Crippen LogP contribution in [0.15, 0.2) is 24.3 Å². The fourth-order valence-electron chi connectivity index (χ4n) is 4.48. The van der Waals surface area contributed by atoms with Crippen molar-refractivity contribution in [1.82, 2.24) is 4.90 Å². The molecule has 0 saturated heterocycles. The van der Waals surface area contributed by atoms with Gasteiger partial charge in [-0.15, -0.1) is 0 Å². The summed E-state index contributed by atoms with van der Waals surface area (Å²) in [6, 6.07) is 6.98. The average molecular weight is 550 g/mol. The predicted octanol–water partition coefficient (Wildman–Crippen LogP) is 6.73. The molecule has 6 heteroatoms. The molecule has 0 spiro atoms. The molecule has 5 nitrogen and oxygen atoms in total. The molecule has 0 aromatic heterocycles. The third-order valence-electron chi connectivity index (χ3n) is 6.43. The van der Waals surface area contributed by atoms with E-state index in [2.05, 4.69) is 20.8 Å². The topological polar surface area (TPSA) is 63.7 Å². The van der Waals surface area contributed by atoms with Gasteiger partial charge in [-0.25, -0.2) is 0 Å². The first-order chi connectivity index (χ1) is 15.5. The molecule has 0 atom stereocenters. The summed E-state index contributed by atoms with van der Waals surface area (Å²) >= 11 is -2.89. The maximum atomic E-state index is 12.7. The van der Waals surface area contributed by atoms with Crippen LogP contribution in [0, 0.1) is 0 Å². The molecule has 1 aliphatic rings. The van der Waals surface area contributed by atoms with Crippen molar-refractivity contribution >= 4 is 36.6 Å². The Kier molecular flexibility index (Phi) is 11.8. The number of amides is 2. The quantitative estimate of drug-likeness (QED) is 0.130. The molecule has 178 valence electrons. The van der Waals surface area contributed by atoms with Gasteiger partial charge in [-0.05, 0) is 0 Å². The number of carbonyl (C=O) groups excluding carboxylic acids is 3. The molecule has 0 fully saturated rings. The molecule has 1 aromatic carbocycles. The van der Waals surface area contributed by atoms with Crippen LogP contribution >= 0.6 is 0 Å². The van der Waals surface area contributed by atoms with Gasteiger partial charge in [0.1, 0.15) is 0 Å². The first-order valence-electron chi connectivity index (χ1n) is 12.6. The van der Waals surface area contributed by atoms with E-state index < -0.39 is 18.8 Å². The number of hydrogen-bond donors (Lipinski definition) is 0. The van der Waals surface area contributed by atoms with Crippen molar-refractivity contribution < 1.29 is 17.5 Å². The van der Waals surface area contributed by atoms with Crippen LogP contribution in [0.5, 0.6) is 0 Å². The zero-order valence-electron chi connectivity index (χ0n) is 20.3. The van der Waals surface area contributed by atoms with Crippen LogP contribution < -0.4 is 0 Å². The number of unbranched alkanes of at least 4 members (excludes halogenated alkanes) is 5. The summed E-state index contributed by atoms with van der Waals surface area (Å²) in [6.45, 7) is 7.05. The van der Waals surface area contributed by atoms with Crippen molar-refractivity contribution in [2.75, 3.05) is 6.54 Å². The maximum absolute atomic E-state index is 12.7. The van der Waals surface area contributed by atoms with Crippen molar-refractivity contribution in [1.29, 1.82) is 0 Å². The SMILES string of the molecule is CCC[CH2][Sn]([CH2]CCC)([CH2]CCC)[O]C(=O)CCCCCN1C(=O)c2ccccc2C1=O. The number of rotatable bonds is 16. The van der Waals surface area contributed by atoms with Gasteiger partial charge in [-0.3, -0.25) is 0 Å². The van der Waals surface area contributed by atoms with Gasteiger partial charge < -0.3 is 0 Å². The Hall–Kier alpha value is -1.37. The summed E-state index contributed by atoms with van der Waals surface area (Å²) in [4.78, 5) is 38.9.